The van der Waals surface area contributed by atoms with E-state index in [1.54, 1.807) is 4.68 Å². The summed E-state index contributed by atoms with van der Waals surface area (Å²) in [6.07, 6.45) is 0. The molecule has 0 saturated heterocycles. The van der Waals surface area contributed by atoms with Gasteiger partial charge in [0.25, 0.3) is 5.56 Å². The number of nitrogens with one attached hydrogen (secondary N) is 1. The monoisotopic (exact) mass is 245 g/mol. The van der Waals surface area contributed by atoms with Gasteiger partial charge in [-0.15, -0.1) is 0 Å². The molecule has 0 aliphatic heterocycles. The minimum Gasteiger partial charge on any atom is -0.326 e. The molecule has 2 rings (SSSR count). The maximum Gasteiger partial charge on any atom is 0.269 e. The standard InChI is InChI=1S/C14H19N3O/c1-9(2)11-4-6-12(7-5-11)17-10(3)13(8-15)14(18)16-17/h4-7,9H,8,15H2,1-3H3,(H,16,18). The third-order valence-electron chi connectivity index (χ3n) is 3.28. The molecule has 0 atom stereocenters. The Morgan fingerprint density at radius 2 is 1.89 bits per heavy atom. The van der Waals surface area contributed by atoms with Gasteiger partial charge in [-0.05, 0) is 30.5 Å². The van der Waals surface area contributed by atoms with E-state index in [1.165, 1.54) is 5.56 Å². The van der Waals surface area contributed by atoms with Crippen molar-refractivity contribution in [3.05, 3.63) is 51.4 Å². The molecule has 0 fully saturated rings. The number of rotatable bonds is 3. The van der Waals surface area contributed by atoms with Crippen LogP contribution in [0.4, 0.5) is 0 Å². The smallest absolute Gasteiger partial charge is 0.269 e. The first-order valence-electron chi connectivity index (χ1n) is 6.15. The Bertz CT molecular complexity index is 590. The molecule has 0 aliphatic rings. The van der Waals surface area contributed by atoms with E-state index in [4.69, 9.17) is 5.73 Å². The fourth-order valence-corrected chi connectivity index (χ4v) is 2.06. The van der Waals surface area contributed by atoms with Crippen LogP contribution in [0.2, 0.25) is 0 Å². The van der Waals surface area contributed by atoms with Crippen molar-refractivity contribution < 1.29 is 0 Å². The van der Waals surface area contributed by atoms with Gasteiger partial charge in [0.2, 0.25) is 0 Å². The first-order chi connectivity index (χ1) is 8.54. The zero-order valence-electron chi connectivity index (χ0n) is 11.0. The molecule has 0 unspecified atom stereocenters. The van der Waals surface area contributed by atoms with E-state index >= 15 is 0 Å². The highest BCUT2D eigenvalue weighted by Gasteiger charge is 2.10. The molecule has 0 radical (unpaired) electrons. The molecule has 2 aromatic rings. The van der Waals surface area contributed by atoms with Crippen LogP contribution < -0.4 is 11.3 Å². The summed E-state index contributed by atoms with van der Waals surface area (Å²) in [5.74, 6) is 0.503. The summed E-state index contributed by atoms with van der Waals surface area (Å²) in [5, 5.41) is 2.81. The third kappa shape index (κ3) is 2.11. The summed E-state index contributed by atoms with van der Waals surface area (Å²) in [6.45, 7) is 6.48. The number of benzene rings is 1. The van der Waals surface area contributed by atoms with Gasteiger partial charge in [0.05, 0.1) is 11.3 Å². The Morgan fingerprint density at radius 1 is 1.28 bits per heavy atom. The SMILES string of the molecule is Cc1c(CN)c(=O)[nH]n1-c1ccc(C(C)C)cc1. The molecule has 1 aromatic carbocycles. The quantitative estimate of drug-likeness (QED) is 0.869. The summed E-state index contributed by atoms with van der Waals surface area (Å²) < 4.78 is 1.79. The van der Waals surface area contributed by atoms with Gasteiger partial charge < -0.3 is 5.73 Å². The maximum absolute atomic E-state index is 11.7. The van der Waals surface area contributed by atoms with Gasteiger partial charge in [-0.1, -0.05) is 26.0 Å². The van der Waals surface area contributed by atoms with Crippen molar-refractivity contribution in [2.45, 2.75) is 33.2 Å². The Balaban J connectivity index is 2.46. The average Bonchev–Trinajstić information content (AvgIpc) is 2.64. The molecule has 1 aromatic heterocycles. The van der Waals surface area contributed by atoms with Crippen LogP contribution in [0.25, 0.3) is 5.69 Å². The Hall–Kier alpha value is -1.81. The zero-order valence-corrected chi connectivity index (χ0v) is 11.0. The molecule has 18 heavy (non-hydrogen) atoms. The largest absolute Gasteiger partial charge is 0.326 e. The van der Waals surface area contributed by atoms with Gasteiger partial charge in [0.1, 0.15) is 0 Å². The van der Waals surface area contributed by atoms with E-state index in [-0.39, 0.29) is 12.1 Å². The number of aromatic amines is 1. The first kappa shape index (κ1) is 12.6. The number of H-pyrrole nitrogens is 1. The number of hydrogen-bond donors (Lipinski definition) is 2. The lowest BCUT2D eigenvalue weighted by atomic mass is 10.0. The second-order valence-electron chi connectivity index (χ2n) is 4.79. The molecule has 0 saturated carbocycles. The normalized spacial score (nSPS) is 11.2. The molecule has 0 bridgehead atoms. The van der Waals surface area contributed by atoms with Gasteiger partial charge in [-0.3, -0.25) is 14.6 Å². The lowest BCUT2D eigenvalue weighted by Gasteiger charge is -2.09. The van der Waals surface area contributed by atoms with Crippen molar-refractivity contribution in [3.63, 3.8) is 0 Å². The van der Waals surface area contributed by atoms with Gasteiger partial charge in [0.15, 0.2) is 0 Å². The van der Waals surface area contributed by atoms with E-state index in [0.29, 0.717) is 11.5 Å². The maximum atomic E-state index is 11.7. The number of hydrogen-bond acceptors (Lipinski definition) is 2. The van der Waals surface area contributed by atoms with Crippen LogP contribution in [0.5, 0.6) is 0 Å². The third-order valence-corrected chi connectivity index (χ3v) is 3.28. The fraction of sp³-hybridized carbons (Fsp3) is 0.357. The lowest BCUT2D eigenvalue weighted by molar-refractivity contribution is 0.826. The van der Waals surface area contributed by atoms with Gasteiger partial charge in [0, 0.05) is 12.2 Å². The van der Waals surface area contributed by atoms with Gasteiger partial charge >= 0.3 is 0 Å². The molecule has 0 aliphatic carbocycles. The highest BCUT2D eigenvalue weighted by Crippen LogP contribution is 2.17. The van der Waals surface area contributed by atoms with Crippen molar-refractivity contribution in [2.75, 3.05) is 0 Å². The lowest BCUT2D eigenvalue weighted by Crippen LogP contribution is -2.10. The van der Waals surface area contributed by atoms with Crippen LogP contribution in [-0.4, -0.2) is 9.78 Å². The second kappa shape index (κ2) is 4.82. The summed E-state index contributed by atoms with van der Waals surface area (Å²) in [7, 11) is 0. The summed E-state index contributed by atoms with van der Waals surface area (Å²) in [5.41, 5.74) is 9.22. The van der Waals surface area contributed by atoms with Crippen molar-refractivity contribution in [3.8, 4) is 5.69 Å². The van der Waals surface area contributed by atoms with E-state index in [2.05, 4.69) is 31.1 Å². The number of nitrogens with zero attached hydrogens (tertiary/aromatic N) is 1. The molecular weight excluding hydrogens is 226 g/mol. The Labute approximate surface area is 106 Å². The molecule has 4 heteroatoms. The van der Waals surface area contributed by atoms with Crippen LogP contribution in [0.1, 0.15) is 36.6 Å². The predicted molar refractivity (Wildman–Crippen MR) is 73.1 cm³/mol. The van der Waals surface area contributed by atoms with Gasteiger partial charge in [-0.2, -0.15) is 0 Å². The number of nitrogens with two attached hydrogens (primary N) is 1. The molecular formula is C14H19N3O. The van der Waals surface area contributed by atoms with Crippen LogP contribution in [0.3, 0.4) is 0 Å². The average molecular weight is 245 g/mol. The Morgan fingerprint density at radius 3 is 2.33 bits per heavy atom. The van der Waals surface area contributed by atoms with Crippen molar-refractivity contribution in [1.29, 1.82) is 0 Å². The van der Waals surface area contributed by atoms with Crippen LogP contribution >= 0.6 is 0 Å². The van der Waals surface area contributed by atoms with E-state index in [1.807, 2.05) is 19.1 Å². The van der Waals surface area contributed by atoms with E-state index in [0.717, 1.165) is 11.4 Å². The molecule has 3 N–H and O–H groups in total. The first-order valence-corrected chi connectivity index (χ1v) is 6.15. The number of aromatic nitrogens is 2. The molecule has 4 nitrogen and oxygen atoms in total. The second-order valence-corrected chi connectivity index (χ2v) is 4.79. The summed E-state index contributed by atoms with van der Waals surface area (Å²) in [4.78, 5) is 11.7. The van der Waals surface area contributed by atoms with Crippen molar-refractivity contribution >= 4 is 0 Å². The topological polar surface area (TPSA) is 63.8 Å². The van der Waals surface area contributed by atoms with Crippen molar-refractivity contribution in [1.82, 2.24) is 9.78 Å². The molecule has 0 amide bonds. The van der Waals surface area contributed by atoms with Crippen LogP contribution in [0.15, 0.2) is 29.1 Å². The molecule has 1 heterocycles. The minimum absolute atomic E-state index is 0.108. The van der Waals surface area contributed by atoms with Gasteiger partial charge in [-0.25, -0.2) is 0 Å². The van der Waals surface area contributed by atoms with Crippen molar-refractivity contribution in [2.24, 2.45) is 5.73 Å². The van der Waals surface area contributed by atoms with E-state index in [9.17, 15) is 4.79 Å². The summed E-state index contributed by atoms with van der Waals surface area (Å²) in [6, 6.07) is 8.19. The minimum atomic E-state index is -0.108. The van der Waals surface area contributed by atoms with E-state index < -0.39 is 0 Å². The van der Waals surface area contributed by atoms with Crippen LogP contribution in [0, 0.1) is 6.92 Å². The fourth-order valence-electron chi connectivity index (χ4n) is 2.06. The highest BCUT2D eigenvalue weighted by atomic mass is 16.1. The molecule has 96 valence electrons. The Kier molecular flexibility index (Phi) is 3.39. The summed E-state index contributed by atoms with van der Waals surface area (Å²) >= 11 is 0. The zero-order chi connectivity index (χ0) is 13.3. The predicted octanol–water partition coefficient (Wildman–Crippen LogP) is 2.06. The highest BCUT2D eigenvalue weighted by molar-refractivity contribution is 5.37. The molecule has 0 spiro atoms. The van der Waals surface area contributed by atoms with Crippen LogP contribution in [-0.2, 0) is 6.54 Å².